The standard InChI is InChI=1S/C17H19N7O.ClH/c18-15-13-14(16(19)25)23-24(17(13)22-9-21-15)12-6-2-1-5-11(12)10-4-3-7-20-8-10;/h1-2,5-6,9-10,20H,3-4,7-8H2,(H2,19,25)(H2,18,21,22);1H. The minimum absolute atomic E-state index is 0. The molecule has 2 aromatic heterocycles. The highest BCUT2D eigenvalue weighted by Gasteiger charge is 2.24. The number of halogens is 1. The highest BCUT2D eigenvalue weighted by atomic mass is 35.5. The quantitative estimate of drug-likeness (QED) is 0.637. The lowest BCUT2D eigenvalue weighted by Crippen LogP contribution is -2.29. The van der Waals surface area contributed by atoms with Crippen LogP contribution in [0.25, 0.3) is 16.7 Å². The van der Waals surface area contributed by atoms with Crippen LogP contribution in [0, 0.1) is 0 Å². The van der Waals surface area contributed by atoms with Crippen LogP contribution in [0.2, 0.25) is 0 Å². The Kier molecular flexibility index (Phi) is 5.06. The number of anilines is 1. The van der Waals surface area contributed by atoms with Crippen LogP contribution in [0.5, 0.6) is 0 Å². The molecule has 3 heterocycles. The molecule has 9 heteroatoms. The maximum Gasteiger partial charge on any atom is 0.270 e. The molecule has 26 heavy (non-hydrogen) atoms. The van der Waals surface area contributed by atoms with E-state index in [-0.39, 0.29) is 23.9 Å². The van der Waals surface area contributed by atoms with E-state index in [4.69, 9.17) is 11.5 Å². The molecule has 4 rings (SSSR count). The van der Waals surface area contributed by atoms with Crippen molar-refractivity contribution in [1.82, 2.24) is 25.1 Å². The Balaban J connectivity index is 0.00000196. The number of aromatic nitrogens is 4. The van der Waals surface area contributed by atoms with Gasteiger partial charge in [-0.2, -0.15) is 5.10 Å². The number of nitrogen functional groups attached to an aromatic ring is 1. The first-order valence-electron chi connectivity index (χ1n) is 8.26. The van der Waals surface area contributed by atoms with Crippen molar-refractivity contribution < 1.29 is 4.79 Å². The Bertz CT molecular complexity index is 949. The smallest absolute Gasteiger partial charge is 0.270 e. The third kappa shape index (κ3) is 2.97. The topological polar surface area (TPSA) is 125 Å². The van der Waals surface area contributed by atoms with Crippen LogP contribution in [-0.2, 0) is 0 Å². The number of primary amides is 1. The molecule has 0 spiro atoms. The van der Waals surface area contributed by atoms with Gasteiger partial charge in [0, 0.05) is 6.54 Å². The summed E-state index contributed by atoms with van der Waals surface area (Å²) in [6, 6.07) is 8.02. The zero-order valence-corrected chi connectivity index (χ0v) is 14.9. The fraction of sp³-hybridized carbons (Fsp3) is 0.294. The van der Waals surface area contributed by atoms with Crippen LogP contribution >= 0.6 is 12.4 Å². The molecule has 1 amide bonds. The highest BCUT2D eigenvalue weighted by Crippen LogP contribution is 2.31. The highest BCUT2D eigenvalue weighted by molar-refractivity contribution is 6.07. The lowest BCUT2D eigenvalue weighted by Gasteiger charge is -2.25. The number of nitrogens with zero attached hydrogens (tertiary/aromatic N) is 4. The third-order valence-electron chi connectivity index (χ3n) is 4.63. The molecule has 3 aromatic rings. The summed E-state index contributed by atoms with van der Waals surface area (Å²) >= 11 is 0. The molecule has 1 aliphatic rings. The van der Waals surface area contributed by atoms with E-state index >= 15 is 0 Å². The van der Waals surface area contributed by atoms with Gasteiger partial charge in [0.15, 0.2) is 11.3 Å². The number of benzene rings is 1. The van der Waals surface area contributed by atoms with E-state index in [1.54, 1.807) is 4.68 Å². The number of para-hydroxylation sites is 1. The molecule has 0 aliphatic carbocycles. The zero-order valence-electron chi connectivity index (χ0n) is 14.1. The Hall–Kier alpha value is -2.71. The lowest BCUT2D eigenvalue weighted by atomic mass is 9.90. The van der Waals surface area contributed by atoms with Crippen molar-refractivity contribution in [2.75, 3.05) is 18.8 Å². The SMILES string of the molecule is Cl.NC(=O)c1nn(-c2ccccc2C2CCCNC2)c2ncnc(N)c12. The Morgan fingerprint density at radius 3 is 2.81 bits per heavy atom. The van der Waals surface area contributed by atoms with Gasteiger partial charge in [-0.15, -0.1) is 12.4 Å². The number of hydrogen-bond donors (Lipinski definition) is 3. The summed E-state index contributed by atoms with van der Waals surface area (Å²) in [5.41, 5.74) is 14.0. The normalized spacial score (nSPS) is 17.0. The van der Waals surface area contributed by atoms with Crippen molar-refractivity contribution in [2.45, 2.75) is 18.8 Å². The predicted molar refractivity (Wildman–Crippen MR) is 102 cm³/mol. The van der Waals surface area contributed by atoms with Crippen molar-refractivity contribution in [1.29, 1.82) is 0 Å². The van der Waals surface area contributed by atoms with Crippen LogP contribution in [0.15, 0.2) is 30.6 Å². The zero-order chi connectivity index (χ0) is 17.4. The molecule has 1 aromatic carbocycles. The average Bonchev–Trinajstić information content (AvgIpc) is 3.04. The summed E-state index contributed by atoms with van der Waals surface area (Å²) in [5.74, 6) is -0.0793. The van der Waals surface area contributed by atoms with Gasteiger partial charge in [0.2, 0.25) is 0 Å². The first kappa shape index (κ1) is 18.1. The summed E-state index contributed by atoms with van der Waals surface area (Å²) in [6.07, 6.45) is 3.59. The number of rotatable bonds is 3. The van der Waals surface area contributed by atoms with Crippen molar-refractivity contribution in [2.24, 2.45) is 5.73 Å². The monoisotopic (exact) mass is 373 g/mol. The van der Waals surface area contributed by atoms with Gasteiger partial charge >= 0.3 is 0 Å². The van der Waals surface area contributed by atoms with E-state index in [1.807, 2.05) is 18.2 Å². The number of amides is 1. The van der Waals surface area contributed by atoms with Crippen LogP contribution in [0.4, 0.5) is 5.82 Å². The van der Waals surface area contributed by atoms with Crippen LogP contribution in [-0.4, -0.2) is 38.7 Å². The van der Waals surface area contributed by atoms with E-state index in [1.165, 1.54) is 6.33 Å². The maximum absolute atomic E-state index is 11.8. The average molecular weight is 374 g/mol. The van der Waals surface area contributed by atoms with Crippen molar-refractivity contribution in [3.8, 4) is 5.69 Å². The maximum atomic E-state index is 11.8. The predicted octanol–water partition coefficient (Wildman–Crippen LogP) is 1.39. The minimum Gasteiger partial charge on any atom is -0.383 e. The van der Waals surface area contributed by atoms with Gasteiger partial charge in [0.05, 0.1) is 11.1 Å². The minimum atomic E-state index is -0.651. The number of nitrogens with two attached hydrogens (primary N) is 2. The molecule has 136 valence electrons. The van der Waals surface area contributed by atoms with E-state index in [2.05, 4.69) is 26.4 Å². The van der Waals surface area contributed by atoms with Crippen LogP contribution in [0.1, 0.15) is 34.8 Å². The molecule has 5 N–H and O–H groups in total. The molecule has 0 saturated carbocycles. The van der Waals surface area contributed by atoms with Crippen molar-refractivity contribution in [3.63, 3.8) is 0 Å². The fourth-order valence-electron chi connectivity index (χ4n) is 3.46. The summed E-state index contributed by atoms with van der Waals surface area (Å²) in [5, 5.41) is 8.24. The molecule has 0 radical (unpaired) electrons. The second-order valence-corrected chi connectivity index (χ2v) is 6.18. The van der Waals surface area contributed by atoms with E-state index < -0.39 is 5.91 Å². The van der Waals surface area contributed by atoms with Gasteiger partial charge in [-0.3, -0.25) is 4.79 Å². The fourth-order valence-corrected chi connectivity index (χ4v) is 3.46. The number of hydrogen-bond acceptors (Lipinski definition) is 6. The Morgan fingerprint density at radius 1 is 1.27 bits per heavy atom. The van der Waals surface area contributed by atoms with Crippen LogP contribution < -0.4 is 16.8 Å². The van der Waals surface area contributed by atoms with Crippen LogP contribution in [0.3, 0.4) is 0 Å². The second kappa shape index (κ2) is 7.27. The first-order chi connectivity index (χ1) is 12.2. The van der Waals surface area contributed by atoms with E-state index in [9.17, 15) is 4.79 Å². The molecule has 8 nitrogen and oxygen atoms in total. The number of fused-ring (bicyclic) bond motifs is 1. The van der Waals surface area contributed by atoms with Gasteiger partial charge < -0.3 is 16.8 Å². The van der Waals surface area contributed by atoms with E-state index in [0.29, 0.717) is 17.0 Å². The number of carbonyl (C=O) groups excluding carboxylic acids is 1. The number of carbonyl (C=O) groups is 1. The largest absolute Gasteiger partial charge is 0.383 e. The molecule has 0 bridgehead atoms. The number of piperidine rings is 1. The van der Waals surface area contributed by atoms with Gasteiger partial charge in [0.1, 0.15) is 12.1 Å². The third-order valence-corrected chi connectivity index (χ3v) is 4.63. The molecule has 1 unspecified atom stereocenters. The Labute approximate surface area is 156 Å². The number of nitrogens with one attached hydrogen (secondary N) is 1. The second-order valence-electron chi connectivity index (χ2n) is 6.18. The molecule has 1 saturated heterocycles. The molecule has 1 fully saturated rings. The molecule has 1 aliphatic heterocycles. The summed E-state index contributed by atoms with van der Waals surface area (Å²) in [7, 11) is 0. The van der Waals surface area contributed by atoms with Gasteiger partial charge in [-0.25, -0.2) is 14.6 Å². The summed E-state index contributed by atoms with van der Waals surface area (Å²) in [6.45, 7) is 1.95. The Morgan fingerprint density at radius 2 is 2.08 bits per heavy atom. The van der Waals surface area contributed by atoms with Crippen molar-refractivity contribution >= 4 is 35.2 Å². The van der Waals surface area contributed by atoms with Gasteiger partial charge in [0.25, 0.3) is 5.91 Å². The van der Waals surface area contributed by atoms with E-state index in [0.717, 1.165) is 37.2 Å². The summed E-state index contributed by atoms with van der Waals surface area (Å²) < 4.78 is 1.65. The van der Waals surface area contributed by atoms with Gasteiger partial charge in [-0.05, 0) is 36.9 Å². The molecular formula is C17H20ClN7O. The van der Waals surface area contributed by atoms with Gasteiger partial charge in [-0.1, -0.05) is 18.2 Å². The first-order valence-corrected chi connectivity index (χ1v) is 8.26. The lowest BCUT2D eigenvalue weighted by molar-refractivity contribution is 0.0996. The summed E-state index contributed by atoms with van der Waals surface area (Å²) in [4.78, 5) is 20.1. The molecule has 1 atom stereocenters. The van der Waals surface area contributed by atoms with Crippen molar-refractivity contribution in [3.05, 3.63) is 41.9 Å². The molecular weight excluding hydrogens is 354 g/mol.